The third kappa shape index (κ3) is 4.47. The number of nitrogens with one attached hydrogen (secondary N) is 1. The molecule has 0 saturated heterocycles. The molecule has 2 amide bonds. The quantitative estimate of drug-likeness (QED) is 0.649. The Labute approximate surface area is 176 Å². The number of aryl methyl sites for hydroxylation is 2. The monoisotopic (exact) mass is 428 g/mol. The number of carbonyl (C=O) groups excluding carboxylic acids is 2. The van der Waals surface area contributed by atoms with Gasteiger partial charge < -0.3 is 15.0 Å². The third-order valence-electron chi connectivity index (χ3n) is 5.21. The summed E-state index contributed by atoms with van der Waals surface area (Å²) >= 11 is 0. The van der Waals surface area contributed by atoms with Crippen molar-refractivity contribution in [2.24, 2.45) is 0 Å². The average Bonchev–Trinajstić information content (AvgIpc) is 3.13. The molecule has 0 atom stereocenters. The fourth-order valence-corrected chi connectivity index (χ4v) is 3.87. The van der Waals surface area contributed by atoms with E-state index in [2.05, 4.69) is 16.1 Å². The topological polar surface area (TPSA) is 58.6 Å². The number of hydrogen-bond donors (Lipinski definition) is 1. The highest BCUT2D eigenvalue weighted by atomic mass is 19.4. The predicted molar refractivity (Wildman–Crippen MR) is 110 cm³/mol. The van der Waals surface area contributed by atoms with E-state index in [-0.39, 0.29) is 18.2 Å². The van der Waals surface area contributed by atoms with Gasteiger partial charge in [-0.25, -0.2) is 0 Å². The van der Waals surface area contributed by atoms with Crippen molar-refractivity contribution in [1.82, 2.24) is 4.90 Å². The molecule has 31 heavy (non-hydrogen) atoms. The van der Waals surface area contributed by atoms with Crippen LogP contribution in [0, 0.1) is 0 Å². The number of alkyl halides is 3. The van der Waals surface area contributed by atoms with Crippen LogP contribution < -0.4 is 10.1 Å². The van der Waals surface area contributed by atoms with Crippen molar-refractivity contribution in [3.05, 3.63) is 71.3 Å². The Hall–Kier alpha value is -3.55. The Bertz CT molecular complexity index is 1150. The van der Waals surface area contributed by atoms with Crippen LogP contribution in [0.3, 0.4) is 0 Å². The van der Waals surface area contributed by atoms with Gasteiger partial charge in [-0.3, -0.25) is 9.59 Å². The van der Waals surface area contributed by atoms with Gasteiger partial charge in [-0.1, -0.05) is 24.3 Å². The molecular weight excluding hydrogens is 409 g/mol. The first-order valence-corrected chi connectivity index (χ1v) is 9.66. The molecule has 0 saturated carbocycles. The first-order valence-electron chi connectivity index (χ1n) is 9.66. The first-order chi connectivity index (χ1) is 14.7. The minimum Gasteiger partial charge on any atom is -0.406 e. The van der Waals surface area contributed by atoms with E-state index in [1.54, 1.807) is 6.07 Å². The van der Waals surface area contributed by atoms with Gasteiger partial charge in [-0.05, 0) is 65.1 Å². The lowest BCUT2D eigenvalue weighted by atomic mass is 9.99. The van der Waals surface area contributed by atoms with Crippen molar-refractivity contribution in [1.29, 1.82) is 0 Å². The van der Waals surface area contributed by atoms with Crippen molar-refractivity contribution < 1.29 is 27.5 Å². The molecule has 1 aliphatic carbocycles. The third-order valence-corrected chi connectivity index (χ3v) is 5.21. The number of rotatable bonds is 5. The van der Waals surface area contributed by atoms with Gasteiger partial charge in [0.05, 0.1) is 6.54 Å². The zero-order valence-corrected chi connectivity index (χ0v) is 16.6. The molecule has 0 spiro atoms. The molecule has 0 heterocycles. The standard InChI is InChI=1S/C23H19F3N2O3/c1-28(13-20(29)27-16-8-10-17(11-9-16)31-23(24,25)26)22(30)19-12-7-15-6-5-14-3-2-4-18(19)21(14)15/h2-4,7-12H,5-6,13H2,1H3,(H,27,29). The number of halogens is 3. The van der Waals surface area contributed by atoms with Gasteiger partial charge in [-0.2, -0.15) is 0 Å². The Morgan fingerprint density at radius 2 is 1.68 bits per heavy atom. The van der Waals surface area contributed by atoms with Crippen LogP contribution in [0.1, 0.15) is 21.5 Å². The lowest BCUT2D eigenvalue weighted by Gasteiger charge is -2.18. The highest BCUT2D eigenvalue weighted by Gasteiger charge is 2.31. The number of carbonyl (C=O) groups is 2. The second-order valence-electron chi connectivity index (χ2n) is 7.39. The minimum atomic E-state index is -4.78. The summed E-state index contributed by atoms with van der Waals surface area (Å²) in [6, 6.07) is 14.5. The minimum absolute atomic E-state index is 0.206. The summed E-state index contributed by atoms with van der Waals surface area (Å²) in [7, 11) is 1.53. The molecule has 1 aliphatic rings. The number of benzene rings is 3. The van der Waals surface area contributed by atoms with E-state index in [1.165, 1.54) is 35.2 Å². The van der Waals surface area contributed by atoms with Crippen LogP contribution in [0.25, 0.3) is 10.8 Å². The molecule has 160 valence electrons. The zero-order valence-electron chi connectivity index (χ0n) is 16.6. The van der Waals surface area contributed by atoms with E-state index < -0.39 is 12.3 Å². The summed E-state index contributed by atoms with van der Waals surface area (Å²) in [6.07, 6.45) is -2.87. The molecule has 0 aliphatic heterocycles. The van der Waals surface area contributed by atoms with Crippen LogP contribution in [0.15, 0.2) is 54.6 Å². The Morgan fingerprint density at radius 3 is 2.35 bits per heavy atom. The second-order valence-corrected chi connectivity index (χ2v) is 7.39. The fraction of sp³-hybridized carbons (Fsp3) is 0.217. The maximum atomic E-state index is 13.0. The first kappa shape index (κ1) is 20.7. The molecule has 0 bridgehead atoms. The summed E-state index contributed by atoms with van der Waals surface area (Å²) in [5.41, 5.74) is 3.28. The molecule has 8 heteroatoms. The number of nitrogens with zero attached hydrogens (tertiary/aromatic N) is 1. The van der Waals surface area contributed by atoms with Gasteiger partial charge in [0.1, 0.15) is 5.75 Å². The van der Waals surface area contributed by atoms with Crippen LogP contribution >= 0.6 is 0 Å². The van der Waals surface area contributed by atoms with Crippen LogP contribution in [0.4, 0.5) is 18.9 Å². The number of likely N-dealkylation sites (N-methyl/N-ethyl adjacent to an activating group) is 1. The Kier molecular flexibility index (Phi) is 5.31. The lowest BCUT2D eigenvalue weighted by molar-refractivity contribution is -0.274. The van der Waals surface area contributed by atoms with E-state index in [4.69, 9.17) is 0 Å². The van der Waals surface area contributed by atoms with Crippen molar-refractivity contribution in [3.8, 4) is 5.75 Å². The van der Waals surface area contributed by atoms with Gasteiger partial charge in [0.25, 0.3) is 5.91 Å². The Balaban J connectivity index is 1.43. The molecule has 3 aromatic carbocycles. The van der Waals surface area contributed by atoms with Crippen molar-refractivity contribution in [3.63, 3.8) is 0 Å². The zero-order chi connectivity index (χ0) is 22.2. The summed E-state index contributed by atoms with van der Waals surface area (Å²) in [4.78, 5) is 26.6. The summed E-state index contributed by atoms with van der Waals surface area (Å²) in [5.74, 6) is -1.13. The van der Waals surface area contributed by atoms with Crippen LogP contribution in [0.2, 0.25) is 0 Å². The molecule has 1 N–H and O–H groups in total. The van der Waals surface area contributed by atoms with E-state index >= 15 is 0 Å². The molecule has 0 fully saturated rings. The second kappa shape index (κ2) is 7.94. The SMILES string of the molecule is CN(CC(=O)Nc1ccc(OC(F)(F)F)cc1)C(=O)c1ccc2c3c(cccc13)CC2. The molecular formula is C23H19F3N2O3. The number of hydrogen-bond acceptors (Lipinski definition) is 3. The van der Waals surface area contributed by atoms with Gasteiger partial charge in [-0.15, -0.1) is 13.2 Å². The summed E-state index contributed by atoms with van der Waals surface area (Å²) in [6.45, 7) is -0.206. The van der Waals surface area contributed by atoms with E-state index in [1.807, 2.05) is 18.2 Å². The molecule has 0 aromatic heterocycles. The van der Waals surface area contributed by atoms with E-state index in [0.29, 0.717) is 11.3 Å². The maximum absolute atomic E-state index is 13.0. The smallest absolute Gasteiger partial charge is 0.406 e. The van der Waals surface area contributed by atoms with Crippen LogP contribution in [-0.2, 0) is 17.6 Å². The average molecular weight is 428 g/mol. The summed E-state index contributed by atoms with van der Waals surface area (Å²) < 4.78 is 40.5. The largest absolute Gasteiger partial charge is 0.573 e. The highest BCUT2D eigenvalue weighted by Crippen LogP contribution is 2.33. The van der Waals surface area contributed by atoms with E-state index in [0.717, 1.165) is 35.7 Å². The predicted octanol–water partition coefficient (Wildman–Crippen LogP) is 4.55. The molecule has 4 rings (SSSR count). The Morgan fingerprint density at radius 1 is 1.00 bits per heavy atom. The highest BCUT2D eigenvalue weighted by molar-refractivity contribution is 6.10. The molecule has 5 nitrogen and oxygen atoms in total. The van der Waals surface area contributed by atoms with Gasteiger partial charge in [0, 0.05) is 18.3 Å². The van der Waals surface area contributed by atoms with Crippen molar-refractivity contribution in [2.75, 3.05) is 18.9 Å². The normalized spacial score (nSPS) is 12.6. The lowest BCUT2D eigenvalue weighted by Crippen LogP contribution is -2.35. The molecule has 0 unspecified atom stereocenters. The van der Waals surface area contributed by atoms with Crippen molar-refractivity contribution >= 4 is 28.3 Å². The van der Waals surface area contributed by atoms with Crippen LogP contribution in [0.5, 0.6) is 5.75 Å². The van der Waals surface area contributed by atoms with E-state index in [9.17, 15) is 22.8 Å². The number of anilines is 1. The maximum Gasteiger partial charge on any atom is 0.573 e. The van der Waals surface area contributed by atoms with Crippen molar-refractivity contribution in [2.45, 2.75) is 19.2 Å². The van der Waals surface area contributed by atoms with Gasteiger partial charge in [0.2, 0.25) is 5.91 Å². The molecule has 3 aromatic rings. The fourth-order valence-electron chi connectivity index (χ4n) is 3.87. The summed E-state index contributed by atoms with van der Waals surface area (Å²) in [5, 5.41) is 4.56. The van der Waals surface area contributed by atoms with Gasteiger partial charge >= 0.3 is 6.36 Å². The number of ether oxygens (including phenoxy) is 1. The van der Waals surface area contributed by atoms with Crippen LogP contribution in [-0.4, -0.2) is 36.7 Å². The van der Waals surface area contributed by atoms with Gasteiger partial charge in [0.15, 0.2) is 0 Å². The molecule has 0 radical (unpaired) electrons. The number of amides is 2.